The lowest BCUT2D eigenvalue weighted by atomic mass is 10.0. The molecule has 0 saturated carbocycles. The van der Waals surface area contributed by atoms with Crippen LogP contribution in [0.1, 0.15) is 27.8 Å². The van der Waals surface area contributed by atoms with E-state index in [-0.39, 0.29) is 0 Å². The van der Waals surface area contributed by atoms with Crippen molar-refractivity contribution in [1.82, 2.24) is 0 Å². The smallest absolute Gasteiger partial charge is 0.0110 e. The molecular weight excluding hydrogens is 242 g/mol. The molecule has 0 atom stereocenters. The van der Waals surface area contributed by atoms with Gasteiger partial charge in [0.2, 0.25) is 0 Å². The normalized spacial score (nSPS) is 11.6. The molecule has 0 unspecified atom stereocenters. The minimum absolute atomic E-state index is 0.572. The van der Waals surface area contributed by atoms with Crippen molar-refractivity contribution in [3.05, 3.63) is 76.4 Å². The van der Waals surface area contributed by atoms with Crippen LogP contribution in [0.4, 0.5) is 0 Å². The van der Waals surface area contributed by atoms with Crippen molar-refractivity contribution in [3.63, 3.8) is 0 Å². The quantitative estimate of drug-likeness (QED) is 0.810. The lowest BCUT2D eigenvalue weighted by Gasteiger charge is -2.04. The van der Waals surface area contributed by atoms with Gasteiger partial charge in [-0.15, -0.1) is 0 Å². The number of benzene rings is 2. The maximum absolute atomic E-state index is 5.48. The van der Waals surface area contributed by atoms with Gasteiger partial charge in [-0.2, -0.15) is 0 Å². The fraction of sp³-hybridized carbons (Fsp3) is 0.158. The number of hydrogen-bond acceptors (Lipinski definition) is 1. The molecule has 0 aliphatic heterocycles. The van der Waals surface area contributed by atoms with Gasteiger partial charge in [0.25, 0.3) is 0 Å². The van der Waals surface area contributed by atoms with Gasteiger partial charge in [0.1, 0.15) is 0 Å². The molecule has 2 rings (SSSR count). The number of hydrogen-bond donors (Lipinski definition) is 1. The number of rotatable bonds is 4. The van der Waals surface area contributed by atoms with Crippen molar-refractivity contribution in [2.75, 3.05) is 6.54 Å². The largest absolute Gasteiger partial charge is 0.327 e. The van der Waals surface area contributed by atoms with Gasteiger partial charge in [-0.3, -0.25) is 0 Å². The molecule has 0 saturated heterocycles. The molecular formula is C19H21N. The molecule has 20 heavy (non-hydrogen) atoms. The van der Waals surface area contributed by atoms with Gasteiger partial charge in [0, 0.05) is 6.54 Å². The Morgan fingerprint density at radius 2 is 1.45 bits per heavy atom. The molecule has 2 aromatic carbocycles. The third kappa shape index (κ3) is 3.69. The molecule has 1 heteroatoms. The zero-order valence-corrected chi connectivity index (χ0v) is 12.1. The van der Waals surface area contributed by atoms with Crippen LogP contribution in [0.3, 0.4) is 0 Å². The van der Waals surface area contributed by atoms with Crippen LogP contribution < -0.4 is 5.73 Å². The van der Waals surface area contributed by atoms with E-state index in [9.17, 15) is 0 Å². The van der Waals surface area contributed by atoms with Crippen molar-refractivity contribution in [1.29, 1.82) is 0 Å². The SMILES string of the molecule is Cc1cccc(C)c1/C=C/c1cccc(/C=C/CN)c1. The summed E-state index contributed by atoms with van der Waals surface area (Å²) in [6.45, 7) is 4.86. The van der Waals surface area contributed by atoms with Crippen molar-refractivity contribution in [2.24, 2.45) is 5.73 Å². The first kappa shape index (κ1) is 14.3. The van der Waals surface area contributed by atoms with Crippen molar-refractivity contribution < 1.29 is 0 Å². The van der Waals surface area contributed by atoms with Gasteiger partial charge < -0.3 is 5.73 Å². The Hall–Kier alpha value is -2.12. The molecule has 0 radical (unpaired) electrons. The van der Waals surface area contributed by atoms with E-state index in [1.165, 1.54) is 27.8 Å². The molecule has 2 aromatic rings. The summed E-state index contributed by atoms with van der Waals surface area (Å²) in [5.74, 6) is 0. The summed E-state index contributed by atoms with van der Waals surface area (Å²) in [6, 6.07) is 14.8. The first-order chi connectivity index (χ1) is 9.70. The highest BCUT2D eigenvalue weighted by Crippen LogP contribution is 2.17. The Labute approximate surface area is 121 Å². The van der Waals surface area contributed by atoms with Gasteiger partial charge in [0.05, 0.1) is 0 Å². The zero-order chi connectivity index (χ0) is 14.4. The van der Waals surface area contributed by atoms with Gasteiger partial charge in [-0.05, 0) is 47.7 Å². The minimum Gasteiger partial charge on any atom is -0.327 e. The fourth-order valence-electron chi connectivity index (χ4n) is 2.24. The van der Waals surface area contributed by atoms with E-state index in [1.54, 1.807) is 0 Å². The molecule has 0 aliphatic rings. The zero-order valence-electron chi connectivity index (χ0n) is 12.1. The summed E-state index contributed by atoms with van der Waals surface area (Å²) in [7, 11) is 0. The van der Waals surface area contributed by atoms with E-state index < -0.39 is 0 Å². The standard InChI is InChI=1S/C19H21N/c1-15-6-3-7-16(2)19(15)12-11-18-9-4-8-17(14-18)10-5-13-20/h3-12,14H,13,20H2,1-2H3/b10-5+,12-11+. The van der Waals surface area contributed by atoms with Gasteiger partial charge in [-0.1, -0.05) is 60.7 Å². The van der Waals surface area contributed by atoms with Gasteiger partial charge >= 0.3 is 0 Å². The Kier molecular flexibility index (Phi) is 4.91. The number of aryl methyl sites for hydroxylation is 2. The summed E-state index contributed by atoms with van der Waals surface area (Å²) >= 11 is 0. The van der Waals surface area contributed by atoms with Gasteiger partial charge in [0.15, 0.2) is 0 Å². The summed E-state index contributed by atoms with van der Waals surface area (Å²) in [6.07, 6.45) is 8.37. The maximum atomic E-state index is 5.48. The second-order valence-corrected chi connectivity index (χ2v) is 4.95. The van der Waals surface area contributed by atoms with E-state index in [2.05, 4.69) is 74.5 Å². The minimum atomic E-state index is 0.572. The van der Waals surface area contributed by atoms with E-state index in [1.807, 2.05) is 6.08 Å². The lowest BCUT2D eigenvalue weighted by Crippen LogP contribution is -1.91. The average Bonchev–Trinajstić information content (AvgIpc) is 2.45. The summed E-state index contributed by atoms with van der Waals surface area (Å²) < 4.78 is 0. The maximum Gasteiger partial charge on any atom is 0.0110 e. The molecule has 0 amide bonds. The van der Waals surface area contributed by atoms with Crippen LogP contribution in [0.2, 0.25) is 0 Å². The highest BCUT2D eigenvalue weighted by atomic mass is 14.5. The van der Waals surface area contributed by atoms with E-state index >= 15 is 0 Å². The van der Waals surface area contributed by atoms with Gasteiger partial charge in [-0.25, -0.2) is 0 Å². The summed E-state index contributed by atoms with van der Waals surface area (Å²) in [5, 5.41) is 0. The predicted molar refractivity (Wildman–Crippen MR) is 89.4 cm³/mol. The molecule has 2 N–H and O–H groups in total. The third-order valence-electron chi connectivity index (χ3n) is 3.34. The molecule has 0 bridgehead atoms. The molecule has 102 valence electrons. The molecule has 0 heterocycles. The molecule has 0 aromatic heterocycles. The Morgan fingerprint density at radius 1 is 0.850 bits per heavy atom. The fourth-order valence-corrected chi connectivity index (χ4v) is 2.24. The van der Waals surface area contributed by atoms with E-state index in [0.717, 1.165) is 0 Å². The van der Waals surface area contributed by atoms with Crippen LogP contribution in [0.5, 0.6) is 0 Å². The van der Waals surface area contributed by atoms with Crippen molar-refractivity contribution >= 4 is 18.2 Å². The number of nitrogens with two attached hydrogens (primary N) is 1. The van der Waals surface area contributed by atoms with Crippen LogP contribution in [-0.4, -0.2) is 6.54 Å². The van der Waals surface area contributed by atoms with E-state index in [4.69, 9.17) is 5.73 Å². The molecule has 0 fully saturated rings. The van der Waals surface area contributed by atoms with Crippen LogP contribution in [0.25, 0.3) is 18.2 Å². The predicted octanol–water partition coefficient (Wildman–Crippen LogP) is 4.45. The van der Waals surface area contributed by atoms with Crippen LogP contribution in [-0.2, 0) is 0 Å². The van der Waals surface area contributed by atoms with Crippen LogP contribution in [0.15, 0.2) is 48.5 Å². The highest BCUT2D eigenvalue weighted by molar-refractivity contribution is 5.73. The summed E-state index contributed by atoms with van der Waals surface area (Å²) in [4.78, 5) is 0. The second-order valence-electron chi connectivity index (χ2n) is 4.95. The third-order valence-corrected chi connectivity index (χ3v) is 3.34. The molecule has 0 aliphatic carbocycles. The molecule has 0 spiro atoms. The van der Waals surface area contributed by atoms with E-state index in [0.29, 0.717) is 6.54 Å². The topological polar surface area (TPSA) is 26.0 Å². The monoisotopic (exact) mass is 263 g/mol. The van der Waals surface area contributed by atoms with Crippen LogP contribution >= 0.6 is 0 Å². The lowest BCUT2D eigenvalue weighted by molar-refractivity contribution is 1.26. The van der Waals surface area contributed by atoms with Crippen molar-refractivity contribution in [2.45, 2.75) is 13.8 Å². The summed E-state index contributed by atoms with van der Waals surface area (Å²) in [5.41, 5.74) is 11.8. The average molecular weight is 263 g/mol. The Bertz CT molecular complexity index is 616. The van der Waals surface area contributed by atoms with Crippen LogP contribution in [0, 0.1) is 13.8 Å². The second kappa shape index (κ2) is 6.88. The highest BCUT2D eigenvalue weighted by Gasteiger charge is 1.97. The molecule has 1 nitrogen and oxygen atoms in total. The first-order valence-electron chi connectivity index (χ1n) is 6.91. The Morgan fingerprint density at radius 3 is 2.10 bits per heavy atom. The van der Waals surface area contributed by atoms with Crippen molar-refractivity contribution in [3.8, 4) is 0 Å². The Balaban J connectivity index is 2.25. The first-order valence-corrected chi connectivity index (χ1v) is 6.91.